The molecule has 2 nitrogen and oxygen atoms in total. The Bertz CT molecular complexity index is 122. The summed E-state index contributed by atoms with van der Waals surface area (Å²) in [5.41, 5.74) is 0. The molecule has 2 heteroatoms. The summed E-state index contributed by atoms with van der Waals surface area (Å²) in [6.45, 7) is 8.86. The molecular weight excluding hydrogens is 140 g/mol. The Hall–Kier alpha value is -0.890. The maximum Gasteiger partial charge on any atom is 0.140 e. The van der Waals surface area contributed by atoms with Gasteiger partial charge in [0.1, 0.15) is 5.78 Å². The van der Waals surface area contributed by atoms with E-state index in [-0.39, 0.29) is 5.78 Å². The second-order valence-corrected chi connectivity index (χ2v) is 2.14. The summed E-state index contributed by atoms with van der Waals surface area (Å²) < 4.78 is 4.50. The van der Waals surface area contributed by atoms with E-state index in [2.05, 4.69) is 17.9 Å². The van der Waals surface area contributed by atoms with Gasteiger partial charge in [-0.3, -0.25) is 4.79 Å². The van der Waals surface area contributed by atoms with E-state index in [1.165, 1.54) is 0 Å². The number of epoxide rings is 1. The number of Topliss-reactive ketones (excluding diaryl/α,β-unsaturated/α-hetero) is 1. The minimum Gasteiger partial charge on any atom is -0.377 e. The van der Waals surface area contributed by atoms with Crippen LogP contribution >= 0.6 is 0 Å². The molecule has 0 spiro atoms. The molecule has 0 aromatic rings. The molecule has 1 fully saturated rings. The van der Waals surface area contributed by atoms with Gasteiger partial charge in [-0.15, -0.1) is 13.2 Å². The maximum atomic E-state index is 10.5. The van der Waals surface area contributed by atoms with Gasteiger partial charge < -0.3 is 4.74 Å². The number of hydrogen-bond acceptors (Lipinski definition) is 2. The highest BCUT2D eigenvalue weighted by Crippen LogP contribution is 1.89. The SMILES string of the molecule is C1CO1.C=CCC(=O)CC=C. The van der Waals surface area contributed by atoms with Gasteiger partial charge in [0.25, 0.3) is 0 Å². The Labute approximate surface area is 67.6 Å². The van der Waals surface area contributed by atoms with Crippen LogP contribution in [0, 0.1) is 0 Å². The van der Waals surface area contributed by atoms with Gasteiger partial charge in [-0.25, -0.2) is 0 Å². The molecule has 0 bridgehead atoms. The number of carbonyl (C=O) groups excluding carboxylic acids is 1. The first-order valence-corrected chi connectivity index (χ1v) is 3.62. The van der Waals surface area contributed by atoms with Crippen molar-refractivity contribution < 1.29 is 9.53 Å². The van der Waals surface area contributed by atoms with E-state index in [4.69, 9.17) is 0 Å². The second-order valence-electron chi connectivity index (χ2n) is 2.14. The Kier molecular flexibility index (Phi) is 6.64. The quantitative estimate of drug-likeness (QED) is 0.456. The van der Waals surface area contributed by atoms with Crippen molar-refractivity contribution >= 4 is 5.78 Å². The predicted molar refractivity (Wildman–Crippen MR) is 45.5 cm³/mol. The fourth-order valence-electron chi connectivity index (χ4n) is 0.405. The number of ketones is 1. The number of ether oxygens (including phenoxy) is 1. The first-order chi connectivity index (χ1) is 5.31. The molecule has 0 radical (unpaired) electrons. The van der Waals surface area contributed by atoms with Crippen LogP contribution in [0.4, 0.5) is 0 Å². The van der Waals surface area contributed by atoms with E-state index in [1.54, 1.807) is 12.2 Å². The Morgan fingerprint density at radius 3 is 1.82 bits per heavy atom. The summed E-state index contributed by atoms with van der Waals surface area (Å²) in [5, 5.41) is 0. The van der Waals surface area contributed by atoms with Crippen molar-refractivity contribution in [2.75, 3.05) is 13.2 Å². The molecule has 0 amide bonds. The van der Waals surface area contributed by atoms with Crippen molar-refractivity contribution in [3.05, 3.63) is 25.3 Å². The molecule has 62 valence electrons. The van der Waals surface area contributed by atoms with E-state index < -0.39 is 0 Å². The minimum absolute atomic E-state index is 0.176. The standard InChI is InChI=1S/C7H10O.C2H4O/c1-3-5-7(8)6-4-2;1-2-3-1/h3-4H,1-2,5-6H2;1-2H2. The van der Waals surface area contributed by atoms with Crippen molar-refractivity contribution in [2.45, 2.75) is 12.8 Å². The topological polar surface area (TPSA) is 29.6 Å². The van der Waals surface area contributed by atoms with Crippen LogP contribution in [0.1, 0.15) is 12.8 Å². The monoisotopic (exact) mass is 154 g/mol. The van der Waals surface area contributed by atoms with Crippen molar-refractivity contribution in [3.63, 3.8) is 0 Å². The molecule has 11 heavy (non-hydrogen) atoms. The van der Waals surface area contributed by atoms with Crippen LogP contribution in [-0.2, 0) is 9.53 Å². The van der Waals surface area contributed by atoms with Crippen LogP contribution in [0.15, 0.2) is 25.3 Å². The van der Waals surface area contributed by atoms with Gasteiger partial charge in [-0.05, 0) is 0 Å². The van der Waals surface area contributed by atoms with Gasteiger partial charge in [0.15, 0.2) is 0 Å². The van der Waals surface area contributed by atoms with E-state index in [0.717, 1.165) is 13.2 Å². The molecule has 1 aliphatic heterocycles. The summed E-state index contributed by atoms with van der Waals surface area (Å²) >= 11 is 0. The fraction of sp³-hybridized carbons (Fsp3) is 0.444. The second kappa shape index (κ2) is 7.22. The summed E-state index contributed by atoms with van der Waals surface area (Å²) in [7, 11) is 0. The minimum atomic E-state index is 0.176. The first kappa shape index (κ1) is 10.1. The molecule has 0 atom stereocenters. The van der Waals surface area contributed by atoms with Gasteiger partial charge >= 0.3 is 0 Å². The van der Waals surface area contributed by atoms with Crippen LogP contribution in [0.3, 0.4) is 0 Å². The highest BCUT2D eigenvalue weighted by Gasteiger charge is 1.94. The van der Waals surface area contributed by atoms with Crippen molar-refractivity contribution in [1.29, 1.82) is 0 Å². The zero-order valence-corrected chi connectivity index (χ0v) is 6.71. The lowest BCUT2D eigenvalue weighted by Crippen LogP contribution is -1.90. The summed E-state index contributed by atoms with van der Waals surface area (Å²) in [6, 6.07) is 0. The summed E-state index contributed by atoms with van der Waals surface area (Å²) in [4.78, 5) is 10.5. The van der Waals surface area contributed by atoms with Gasteiger partial charge in [-0.1, -0.05) is 12.2 Å². The average Bonchev–Trinajstić information content (AvgIpc) is 2.72. The zero-order chi connectivity index (χ0) is 8.53. The van der Waals surface area contributed by atoms with Gasteiger partial charge in [0.2, 0.25) is 0 Å². The van der Waals surface area contributed by atoms with Gasteiger partial charge in [0, 0.05) is 12.8 Å². The van der Waals surface area contributed by atoms with Crippen LogP contribution < -0.4 is 0 Å². The molecule has 0 aromatic heterocycles. The largest absolute Gasteiger partial charge is 0.377 e. The van der Waals surface area contributed by atoms with E-state index in [0.29, 0.717) is 12.8 Å². The third-order valence-corrected chi connectivity index (χ3v) is 0.948. The molecule has 0 unspecified atom stereocenters. The lowest BCUT2D eigenvalue weighted by molar-refractivity contribution is -0.117. The van der Waals surface area contributed by atoms with Crippen molar-refractivity contribution in [1.82, 2.24) is 0 Å². The number of carbonyl (C=O) groups is 1. The third kappa shape index (κ3) is 12.3. The number of allylic oxidation sites excluding steroid dienone is 2. The van der Waals surface area contributed by atoms with Crippen molar-refractivity contribution in [2.24, 2.45) is 0 Å². The Balaban J connectivity index is 0.000000271. The Morgan fingerprint density at radius 1 is 1.27 bits per heavy atom. The van der Waals surface area contributed by atoms with Crippen LogP contribution in [0.2, 0.25) is 0 Å². The molecule has 0 N–H and O–H groups in total. The Morgan fingerprint density at radius 2 is 1.64 bits per heavy atom. The lowest BCUT2D eigenvalue weighted by atomic mass is 10.2. The predicted octanol–water partition coefficient (Wildman–Crippen LogP) is 1.72. The maximum absolute atomic E-state index is 10.5. The molecule has 0 saturated carbocycles. The third-order valence-electron chi connectivity index (χ3n) is 0.948. The van der Waals surface area contributed by atoms with E-state index in [1.807, 2.05) is 0 Å². The molecular formula is C9H14O2. The van der Waals surface area contributed by atoms with Crippen LogP contribution in [0.5, 0.6) is 0 Å². The number of rotatable bonds is 4. The van der Waals surface area contributed by atoms with Crippen LogP contribution in [-0.4, -0.2) is 19.0 Å². The zero-order valence-electron chi connectivity index (χ0n) is 6.71. The number of hydrogen-bond donors (Lipinski definition) is 0. The normalized spacial score (nSPS) is 12.4. The first-order valence-electron chi connectivity index (χ1n) is 3.62. The highest BCUT2D eigenvalue weighted by atomic mass is 16.6. The van der Waals surface area contributed by atoms with E-state index >= 15 is 0 Å². The van der Waals surface area contributed by atoms with E-state index in [9.17, 15) is 4.79 Å². The smallest absolute Gasteiger partial charge is 0.140 e. The van der Waals surface area contributed by atoms with Crippen molar-refractivity contribution in [3.8, 4) is 0 Å². The molecule has 1 rings (SSSR count). The summed E-state index contributed by atoms with van der Waals surface area (Å²) in [5.74, 6) is 0.176. The summed E-state index contributed by atoms with van der Waals surface area (Å²) in [6.07, 6.45) is 4.13. The molecule has 1 saturated heterocycles. The fourth-order valence-corrected chi connectivity index (χ4v) is 0.405. The molecule has 0 aliphatic carbocycles. The lowest BCUT2D eigenvalue weighted by Gasteiger charge is -1.85. The molecule has 0 aromatic carbocycles. The van der Waals surface area contributed by atoms with Gasteiger partial charge in [0.05, 0.1) is 13.2 Å². The molecule has 1 heterocycles. The molecule has 1 aliphatic rings. The average molecular weight is 154 g/mol. The van der Waals surface area contributed by atoms with Crippen LogP contribution in [0.25, 0.3) is 0 Å². The highest BCUT2D eigenvalue weighted by molar-refractivity contribution is 5.80. The van der Waals surface area contributed by atoms with Gasteiger partial charge in [-0.2, -0.15) is 0 Å².